The monoisotopic (exact) mass is 321 g/mol. The van der Waals surface area contributed by atoms with Gasteiger partial charge in [0.15, 0.2) is 6.29 Å². The smallest absolute Gasteiger partial charge is 0.156 e. The Balaban J connectivity index is 2.43. The molecule has 4 heteroatoms. The van der Waals surface area contributed by atoms with E-state index in [1.807, 2.05) is 24.3 Å². The largest absolute Gasteiger partial charge is 0.356 e. The number of nitrogens with one attached hydrogen (secondary N) is 1. The number of ether oxygens (including phenoxy) is 2. The summed E-state index contributed by atoms with van der Waals surface area (Å²) in [5.74, 6) is 0. The lowest BCUT2D eigenvalue weighted by molar-refractivity contribution is -0.108. The molecule has 0 aliphatic rings. The van der Waals surface area contributed by atoms with E-state index in [9.17, 15) is 0 Å². The van der Waals surface area contributed by atoms with Crippen LogP contribution in [0.3, 0.4) is 0 Å². The van der Waals surface area contributed by atoms with Gasteiger partial charge in [0.1, 0.15) is 6.10 Å². The highest BCUT2D eigenvalue weighted by Gasteiger charge is 2.14. The van der Waals surface area contributed by atoms with E-state index in [0.29, 0.717) is 0 Å². The maximum Gasteiger partial charge on any atom is 0.156 e. The summed E-state index contributed by atoms with van der Waals surface area (Å²) >= 11 is 0. The molecule has 23 heavy (non-hydrogen) atoms. The second kappa shape index (κ2) is 12.3. The Morgan fingerprint density at radius 1 is 1.09 bits per heavy atom. The minimum absolute atomic E-state index is 0.0642. The summed E-state index contributed by atoms with van der Waals surface area (Å²) in [7, 11) is 3.32. The fourth-order valence-corrected chi connectivity index (χ4v) is 2.45. The van der Waals surface area contributed by atoms with Gasteiger partial charge in [-0.25, -0.2) is 0 Å². The van der Waals surface area contributed by atoms with Gasteiger partial charge in [0.2, 0.25) is 0 Å². The molecule has 2 unspecified atom stereocenters. The Morgan fingerprint density at radius 3 is 2.35 bits per heavy atom. The van der Waals surface area contributed by atoms with Crippen LogP contribution >= 0.6 is 0 Å². The quantitative estimate of drug-likeness (QED) is 0.332. The van der Waals surface area contributed by atoms with Crippen molar-refractivity contribution in [1.29, 1.82) is 0 Å². The Bertz CT molecular complexity index is 406. The first-order chi connectivity index (χ1) is 11.2. The molecule has 1 aromatic rings. The standard InChI is InChI=1S/C19H31NO3/c1-5-11-18(16-12-8-7-9-13-16)23-20-17(6-2)14-10-15-19(21-3)22-4/h6-9,12-13,17-20H,2,5,10-11,14-15H2,1,3-4H3. The first kappa shape index (κ1) is 19.8. The number of benzene rings is 1. The molecule has 1 aromatic carbocycles. The van der Waals surface area contributed by atoms with E-state index in [-0.39, 0.29) is 18.4 Å². The molecule has 2 atom stereocenters. The van der Waals surface area contributed by atoms with Crippen molar-refractivity contribution in [2.45, 2.75) is 57.5 Å². The minimum atomic E-state index is -0.140. The van der Waals surface area contributed by atoms with Crippen molar-refractivity contribution in [3.8, 4) is 0 Å². The van der Waals surface area contributed by atoms with Gasteiger partial charge in [-0.15, -0.1) is 6.58 Å². The third-order valence-corrected chi connectivity index (χ3v) is 3.85. The minimum Gasteiger partial charge on any atom is -0.356 e. The molecule has 0 bridgehead atoms. The van der Waals surface area contributed by atoms with E-state index < -0.39 is 0 Å². The van der Waals surface area contributed by atoms with Gasteiger partial charge in [0, 0.05) is 20.3 Å². The van der Waals surface area contributed by atoms with E-state index in [2.05, 4.69) is 31.1 Å². The van der Waals surface area contributed by atoms with Crippen LogP contribution in [-0.4, -0.2) is 26.6 Å². The molecule has 0 radical (unpaired) electrons. The Hall–Kier alpha value is -1.20. The maximum atomic E-state index is 5.95. The highest BCUT2D eigenvalue weighted by atomic mass is 16.7. The van der Waals surface area contributed by atoms with E-state index in [0.717, 1.165) is 32.1 Å². The summed E-state index contributed by atoms with van der Waals surface area (Å²) in [4.78, 5) is 5.95. The molecular weight excluding hydrogens is 290 g/mol. The molecule has 1 rings (SSSR count). The molecule has 4 nitrogen and oxygen atoms in total. The van der Waals surface area contributed by atoms with Crippen molar-refractivity contribution in [3.63, 3.8) is 0 Å². The molecule has 0 fully saturated rings. The normalized spacial score (nSPS) is 13.9. The van der Waals surface area contributed by atoms with E-state index in [4.69, 9.17) is 14.3 Å². The van der Waals surface area contributed by atoms with Gasteiger partial charge in [-0.05, 0) is 31.2 Å². The van der Waals surface area contributed by atoms with Crippen LogP contribution in [-0.2, 0) is 14.3 Å². The van der Waals surface area contributed by atoms with E-state index >= 15 is 0 Å². The van der Waals surface area contributed by atoms with Crippen molar-refractivity contribution < 1.29 is 14.3 Å². The molecule has 0 aromatic heterocycles. The zero-order valence-corrected chi connectivity index (χ0v) is 14.7. The first-order valence-electron chi connectivity index (χ1n) is 8.39. The third kappa shape index (κ3) is 7.75. The average Bonchev–Trinajstić information content (AvgIpc) is 2.61. The van der Waals surface area contributed by atoms with Crippen molar-refractivity contribution >= 4 is 0 Å². The predicted octanol–water partition coefficient (Wildman–Crippen LogP) is 4.39. The molecule has 0 spiro atoms. The summed E-state index contributed by atoms with van der Waals surface area (Å²) in [6.45, 7) is 6.06. The number of hydrogen-bond acceptors (Lipinski definition) is 4. The molecule has 0 heterocycles. The molecule has 130 valence electrons. The molecule has 0 saturated heterocycles. The number of hydroxylamine groups is 1. The Labute approximate surface area is 140 Å². The highest BCUT2D eigenvalue weighted by molar-refractivity contribution is 5.17. The van der Waals surface area contributed by atoms with Gasteiger partial charge in [-0.1, -0.05) is 49.8 Å². The van der Waals surface area contributed by atoms with Crippen LogP contribution < -0.4 is 5.48 Å². The number of rotatable bonds is 13. The number of methoxy groups -OCH3 is 2. The lowest BCUT2D eigenvalue weighted by atomic mass is 10.1. The van der Waals surface area contributed by atoms with Crippen molar-refractivity contribution in [1.82, 2.24) is 5.48 Å². The van der Waals surface area contributed by atoms with E-state index in [1.54, 1.807) is 14.2 Å². The van der Waals surface area contributed by atoms with E-state index in [1.165, 1.54) is 5.56 Å². The summed E-state index contributed by atoms with van der Waals surface area (Å²) in [5, 5.41) is 0. The average molecular weight is 321 g/mol. The van der Waals surface area contributed by atoms with Crippen molar-refractivity contribution in [2.75, 3.05) is 14.2 Å². The molecule has 0 aliphatic carbocycles. The molecule has 0 saturated carbocycles. The molecule has 0 amide bonds. The fraction of sp³-hybridized carbons (Fsp3) is 0.579. The lowest BCUT2D eigenvalue weighted by Gasteiger charge is -2.22. The maximum absolute atomic E-state index is 5.95. The Morgan fingerprint density at radius 2 is 1.78 bits per heavy atom. The third-order valence-electron chi connectivity index (χ3n) is 3.85. The van der Waals surface area contributed by atoms with Crippen LogP contribution in [0.15, 0.2) is 43.0 Å². The summed E-state index contributed by atoms with van der Waals surface area (Å²) < 4.78 is 10.4. The predicted molar refractivity (Wildman–Crippen MR) is 94.0 cm³/mol. The zero-order valence-electron chi connectivity index (χ0n) is 14.7. The van der Waals surface area contributed by atoms with Gasteiger partial charge >= 0.3 is 0 Å². The summed E-state index contributed by atoms with van der Waals surface area (Å²) in [5.41, 5.74) is 4.36. The second-order valence-electron chi connectivity index (χ2n) is 5.60. The van der Waals surface area contributed by atoms with Gasteiger partial charge in [-0.3, -0.25) is 4.84 Å². The fourth-order valence-electron chi connectivity index (χ4n) is 2.45. The zero-order chi connectivity index (χ0) is 16.9. The van der Waals surface area contributed by atoms with Gasteiger partial charge in [0.25, 0.3) is 0 Å². The van der Waals surface area contributed by atoms with Gasteiger partial charge < -0.3 is 9.47 Å². The highest BCUT2D eigenvalue weighted by Crippen LogP contribution is 2.22. The van der Waals surface area contributed by atoms with Crippen LogP contribution in [0.4, 0.5) is 0 Å². The van der Waals surface area contributed by atoms with Crippen molar-refractivity contribution in [3.05, 3.63) is 48.6 Å². The summed E-state index contributed by atoms with van der Waals surface area (Å²) in [6, 6.07) is 10.4. The second-order valence-corrected chi connectivity index (χ2v) is 5.60. The Kier molecular flexibility index (Phi) is 10.6. The van der Waals surface area contributed by atoms with Crippen LogP contribution in [0, 0.1) is 0 Å². The van der Waals surface area contributed by atoms with Crippen LogP contribution in [0.25, 0.3) is 0 Å². The SMILES string of the molecule is C=CC(CCCC(OC)OC)NOC(CCC)c1ccccc1. The van der Waals surface area contributed by atoms with Gasteiger partial charge in [-0.2, -0.15) is 5.48 Å². The summed E-state index contributed by atoms with van der Waals surface area (Å²) in [6.07, 6.45) is 6.63. The van der Waals surface area contributed by atoms with Crippen LogP contribution in [0.1, 0.15) is 50.7 Å². The molecule has 1 N–H and O–H groups in total. The van der Waals surface area contributed by atoms with Crippen LogP contribution in [0.5, 0.6) is 0 Å². The lowest BCUT2D eigenvalue weighted by Crippen LogP contribution is -2.29. The molecule has 0 aliphatic heterocycles. The van der Waals surface area contributed by atoms with Gasteiger partial charge in [0.05, 0.1) is 0 Å². The number of hydrogen-bond donors (Lipinski definition) is 1. The topological polar surface area (TPSA) is 39.7 Å². The van der Waals surface area contributed by atoms with Crippen LogP contribution in [0.2, 0.25) is 0 Å². The first-order valence-corrected chi connectivity index (χ1v) is 8.39. The van der Waals surface area contributed by atoms with Crippen molar-refractivity contribution in [2.24, 2.45) is 0 Å². The molecular formula is C19H31NO3.